The highest BCUT2D eigenvalue weighted by molar-refractivity contribution is 6.07. The number of para-hydroxylation sites is 1. The largest absolute Gasteiger partial charge is 0.321 e. The number of fused-ring (bicyclic) bond motifs is 1. The van der Waals surface area contributed by atoms with Crippen LogP contribution in [0.1, 0.15) is 5.56 Å². The summed E-state index contributed by atoms with van der Waals surface area (Å²) in [5, 5.41) is 2.40. The van der Waals surface area contributed by atoms with Crippen LogP contribution in [0, 0.1) is 5.82 Å². The number of nitrogens with two attached hydrogens (primary N) is 1. The van der Waals surface area contributed by atoms with Crippen molar-refractivity contribution in [2.24, 2.45) is 5.73 Å². The number of carbonyl (C=O) groups excluding carboxylic acids is 1. The van der Waals surface area contributed by atoms with Crippen molar-refractivity contribution in [1.29, 1.82) is 0 Å². The van der Waals surface area contributed by atoms with E-state index in [9.17, 15) is 9.18 Å². The molecule has 1 atom stereocenters. The first kappa shape index (κ1) is 8.90. The maximum absolute atomic E-state index is 13.2. The minimum Gasteiger partial charge on any atom is -0.321 e. The number of amides is 1. The molecule has 3 N–H and O–H groups in total. The normalized spacial score (nSPS) is 24.3. The quantitative estimate of drug-likeness (QED) is 0.655. The Morgan fingerprint density at radius 2 is 2.29 bits per heavy atom. The summed E-state index contributed by atoms with van der Waals surface area (Å²) in [6.07, 6.45) is 1.31. The van der Waals surface area contributed by atoms with Gasteiger partial charge in [-0.05, 0) is 6.07 Å². The van der Waals surface area contributed by atoms with E-state index in [1.807, 2.05) is 0 Å². The molecule has 0 saturated carbocycles. The van der Waals surface area contributed by atoms with Gasteiger partial charge in [-0.15, -0.1) is 6.58 Å². The second-order valence-electron chi connectivity index (χ2n) is 3.19. The van der Waals surface area contributed by atoms with E-state index in [4.69, 9.17) is 5.73 Å². The first-order valence-electron chi connectivity index (χ1n) is 4.12. The second kappa shape index (κ2) is 2.65. The summed E-state index contributed by atoms with van der Waals surface area (Å²) >= 11 is 0. The molecule has 0 fully saturated rings. The molecule has 0 aromatic heterocycles. The third-order valence-corrected chi connectivity index (χ3v) is 2.40. The zero-order chi connectivity index (χ0) is 10.3. The summed E-state index contributed by atoms with van der Waals surface area (Å²) in [5.41, 5.74) is 5.06. The standard InChI is InChI=1S/C10H9FN2O/c1-2-10(12)6-4-3-5-7(11)8(6)13-9(10)14/h2-5H,1,12H2,(H,13,14). The van der Waals surface area contributed by atoms with E-state index < -0.39 is 17.3 Å². The van der Waals surface area contributed by atoms with E-state index in [2.05, 4.69) is 11.9 Å². The van der Waals surface area contributed by atoms with Crippen molar-refractivity contribution in [3.8, 4) is 0 Å². The van der Waals surface area contributed by atoms with E-state index in [0.29, 0.717) is 5.56 Å². The van der Waals surface area contributed by atoms with Crippen LogP contribution >= 0.6 is 0 Å². The van der Waals surface area contributed by atoms with Crippen molar-refractivity contribution >= 4 is 11.6 Å². The average Bonchev–Trinajstić information content (AvgIpc) is 2.43. The lowest BCUT2D eigenvalue weighted by molar-refractivity contribution is -0.119. The van der Waals surface area contributed by atoms with Crippen LogP contribution in [0.2, 0.25) is 0 Å². The Hall–Kier alpha value is -1.68. The molecule has 0 saturated heterocycles. The first-order chi connectivity index (χ1) is 6.59. The molecule has 0 bridgehead atoms. The molecule has 1 unspecified atom stereocenters. The summed E-state index contributed by atoms with van der Waals surface area (Å²) in [6, 6.07) is 4.39. The van der Waals surface area contributed by atoms with Gasteiger partial charge in [0.25, 0.3) is 5.91 Å². The van der Waals surface area contributed by atoms with Gasteiger partial charge in [-0.1, -0.05) is 18.2 Å². The van der Waals surface area contributed by atoms with Gasteiger partial charge in [-0.3, -0.25) is 4.79 Å². The van der Waals surface area contributed by atoms with Gasteiger partial charge in [0.2, 0.25) is 0 Å². The van der Waals surface area contributed by atoms with Crippen molar-refractivity contribution in [3.63, 3.8) is 0 Å². The molecule has 0 spiro atoms. The minimum absolute atomic E-state index is 0.153. The highest BCUT2D eigenvalue weighted by Crippen LogP contribution is 2.36. The van der Waals surface area contributed by atoms with Gasteiger partial charge in [0.05, 0.1) is 5.69 Å². The Kier molecular flexibility index (Phi) is 1.69. The molecular weight excluding hydrogens is 183 g/mol. The lowest BCUT2D eigenvalue weighted by Gasteiger charge is -2.16. The monoisotopic (exact) mass is 192 g/mol. The van der Waals surface area contributed by atoms with Gasteiger partial charge in [-0.2, -0.15) is 0 Å². The highest BCUT2D eigenvalue weighted by atomic mass is 19.1. The number of hydrogen-bond acceptors (Lipinski definition) is 2. The van der Waals surface area contributed by atoms with Gasteiger partial charge in [0.1, 0.15) is 11.4 Å². The van der Waals surface area contributed by atoms with Crippen LogP contribution in [0.5, 0.6) is 0 Å². The molecule has 1 amide bonds. The molecular formula is C10H9FN2O. The van der Waals surface area contributed by atoms with Crippen LogP contribution in [-0.4, -0.2) is 5.91 Å². The van der Waals surface area contributed by atoms with Crippen LogP contribution in [-0.2, 0) is 10.3 Å². The van der Waals surface area contributed by atoms with Crippen LogP contribution < -0.4 is 11.1 Å². The Morgan fingerprint density at radius 1 is 1.57 bits per heavy atom. The number of halogens is 1. The number of hydrogen-bond donors (Lipinski definition) is 2. The zero-order valence-electron chi connectivity index (χ0n) is 7.38. The number of anilines is 1. The number of nitrogens with one attached hydrogen (secondary N) is 1. The average molecular weight is 192 g/mol. The van der Waals surface area contributed by atoms with E-state index in [1.54, 1.807) is 6.07 Å². The van der Waals surface area contributed by atoms with E-state index >= 15 is 0 Å². The topological polar surface area (TPSA) is 55.1 Å². The summed E-state index contributed by atoms with van der Waals surface area (Å²) < 4.78 is 13.2. The molecule has 3 nitrogen and oxygen atoms in total. The Bertz CT molecular complexity index is 430. The molecule has 0 aliphatic carbocycles. The van der Waals surface area contributed by atoms with E-state index in [1.165, 1.54) is 18.2 Å². The third-order valence-electron chi connectivity index (χ3n) is 2.40. The van der Waals surface area contributed by atoms with Gasteiger partial charge in [0, 0.05) is 5.56 Å². The van der Waals surface area contributed by atoms with Crippen LogP contribution in [0.25, 0.3) is 0 Å². The lowest BCUT2D eigenvalue weighted by Crippen LogP contribution is -2.41. The van der Waals surface area contributed by atoms with Crippen LogP contribution in [0.4, 0.5) is 10.1 Å². The van der Waals surface area contributed by atoms with Crippen molar-refractivity contribution in [3.05, 3.63) is 42.2 Å². The number of carbonyl (C=O) groups is 1. The summed E-state index contributed by atoms with van der Waals surface area (Å²) in [4.78, 5) is 11.5. The fourth-order valence-electron chi connectivity index (χ4n) is 1.54. The van der Waals surface area contributed by atoms with Gasteiger partial charge < -0.3 is 11.1 Å². The maximum Gasteiger partial charge on any atom is 0.253 e. The summed E-state index contributed by atoms with van der Waals surface area (Å²) in [7, 11) is 0. The molecule has 14 heavy (non-hydrogen) atoms. The van der Waals surface area contributed by atoms with Crippen LogP contribution in [0.15, 0.2) is 30.9 Å². The summed E-state index contributed by atoms with van der Waals surface area (Å²) in [5.74, 6) is -0.933. The smallest absolute Gasteiger partial charge is 0.253 e. The number of rotatable bonds is 1. The SMILES string of the molecule is C=CC1(N)C(=O)Nc2c(F)cccc21. The molecule has 72 valence electrons. The molecule has 0 radical (unpaired) electrons. The zero-order valence-corrected chi connectivity index (χ0v) is 7.38. The third kappa shape index (κ3) is 0.914. The number of benzene rings is 1. The summed E-state index contributed by atoms with van der Waals surface area (Å²) in [6.45, 7) is 3.49. The molecule has 1 heterocycles. The van der Waals surface area contributed by atoms with Gasteiger partial charge >= 0.3 is 0 Å². The molecule has 1 aliphatic heterocycles. The fourth-order valence-corrected chi connectivity index (χ4v) is 1.54. The lowest BCUT2D eigenvalue weighted by atomic mass is 9.93. The van der Waals surface area contributed by atoms with Crippen molar-refractivity contribution < 1.29 is 9.18 Å². The highest BCUT2D eigenvalue weighted by Gasteiger charge is 2.42. The Labute approximate surface area is 80.4 Å². The minimum atomic E-state index is -1.31. The maximum atomic E-state index is 13.2. The van der Waals surface area contributed by atoms with Gasteiger partial charge in [-0.25, -0.2) is 4.39 Å². The van der Waals surface area contributed by atoms with Gasteiger partial charge in [0.15, 0.2) is 0 Å². The van der Waals surface area contributed by atoms with E-state index in [0.717, 1.165) is 0 Å². The Morgan fingerprint density at radius 3 is 2.93 bits per heavy atom. The second-order valence-corrected chi connectivity index (χ2v) is 3.19. The van der Waals surface area contributed by atoms with E-state index in [-0.39, 0.29) is 5.69 Å². The molecule has 1 aliphatic rings. The molecule has 4 heteroatoms. The van der Waals surface area contributed by atoms with Crippen molar-refractivity contribution in [2.45, 2.75) is 5.54 Å². The van der Waals surface area contributed by atoms with Crippen molar-refractivity contribution in [1.82, 2.24) is 0 Å². The fraction of sp³-hybridized carbons (Fsp3) is 0.100. The Balaban J connectivity index is 2.70. The molecule has 1 aromatic carbocycles. The van der Waals surface area contributed by atoms with Crippen molar-refractivity contribution in [2.75, 3.05) is 5.32 Å². The first-order valence-corrected chi connectivity index (χ1v) is 4.12. The molecule has 1 aromatic rings. The predicted molar refractivity (Wildman–Crippen MR) is 51.1 cm³/mol. The predicted octanol–water partition coefficient (Wildman–Crippen LogP) is 1.12. The molecule has 2 rings (SSSR count). The van der Waals surface area contributed by atoms with Crippen LogP contribution in [0.3, 0.4) is 0 Å².